The summed E-state index contributed by atoms with van der Waals surface area (Å²) in [7, 11) is 1.73. The van der Waals surface area contributed by atoms with Crippen LogP contribution in [-0.4, -0.2) is 42.9 Å². The highest BCUT2D eigenvalue weighted by Crippen LogP contribution is 2.18. The monoisotopic (exact) mass is 385 g/mol. The Kier molecular flexibility index (Phi) is 7.18. The highest BCUT2D eigenvalue weighted by atomic mass is 16.5. The van der Waals surface area contributed by atoms with Gasteiger partial charge in [-0.2, -0.15) is 5.10 Å². The van der Waals surface area contributed by atoms with Crippen molar-refractivity contribution in [3.63, 3.8) is 0 Å². The predicted molar refractivity (Wildman–Crippen MR) is 117 cm³/mol. The molecule has 5 nitrogen and oxygen atoms in total. The van der Waals surface area contributed by atoms with Crippen molar-refractivity contribution < 1.29 is 9.47 Å². The van der Waals surface area contributed by atoms with E-state index in [1.165, 1.54) is 0 Å². The highest BCUT2D eigenvalue weighted by Gasteiger charge is 2.22. The molecule has 1 aliphatic carbocycles. The smallest absolute Gasteiger partial charge is 0.112 e. The summed E-state index contributed by atoms with van der Waals surface area (Å²) in [4.78, 5) is 0. The van der Waals surface area contributed by atoms with E-state index in [2.05, 4.69) is 50.4 Å². The summed E-state index contributed by atoms with van der Waals surface area (Å²) in [5.74, 6) is 0. The minimum Gasteiger partial charge on any atom is -0.379 e. The van der Waals surface area contributed by atoms with Gasteiger partial charge in [-0.3, -0.25) is 5.41 Å². The fourth-order valence-electron chi connectivity index (χ4n) is 3.14. The van der Waals surface area contributed by atoms with Crippen LogP contribution in [0.2, 0.25) is 0 Å². The van der Waals surface area contributed by atoms with E-state index in [0.717, 1.165) is 40.1 Å². The van der Waals surface area contributed by atoms with Crippen molar-refractivity contribution in [2.75, 3.05) is 20.3 Å². The highest BCUT2D eigenvalue weighted by molar-refractivity contribution is 6.65. The van der Waals surface area contributed by atoms with Crippen LogP contribution in [0.3, 0.4) is 0 Å². The number of ether oxygens (including phenoxy) is 2. The van der Waals surface area contributed by atoms with Gasteiger partial charge in [-0.1, -0.05) is 24.3 Å². The van der Waals surface area contributed by atoms with Crippen LogP contribution in [-0.2, 0) is 9.47 Å². The second kappa shape index (κ2) is 9.01. The van der Waals surface area contributed by atoms with Gasteiger partial charge in [-0.15, -0.1) is 0 Å². The Labute approximate surface area is 169 Å². The lowest BCUT2D eigenvalue weighted by atomic mass is 9.92. The number of fused-ring (bicyclic) bond motifs is 1. The molecule has 28 heavy (non-hydrogen) atoms. The van der Waals surface area contributed by atoms with Crippen LogP contribution >= 0.6 is 0 Å². The Bertz CT molecular complexity index is 866. The molecule has 154 valence electrons. The average molecular weight is 386 g/mol. The molecule has 0 aromatic heterocycles. The fourth-order valence-corrected chi connectivity index (χ4v) is 3.14. The van der Waals surface area contributed by atoms with Gasteiger partial charge in [-0.25, -0.2) is 0 Å². The van der Waals surface area contributed by atoms with Gasteiger partial charge in [0.05, 0.1) is 23.5 Å². The minimum atomic E-state index is -0.246. The lowest BCUT2D eigenvalue weighted by molar-refractivity contribution is -0.0607. The molecule has 2 N–H and O–H groups in total. The second-order valence-corrected chi connectivity index (χ2v) is 8.61. The number of nitrogens with one attached hydrogen (secondary N) is 2. The summed E-state index contributed by atoms with van der Waals surface area (Å²) in [5, 5.41) is 15.3. The van der Waals surface area contributed by atoms with E-state index in [1.807, 2.05) is 26.0 Å². The summed E-state index contributed by atoms with van der Waals surface area (Å²) >= 11 is 0. The number of hydrazone groups is 1. The lowest BCUT2D eigenvalue weighted by Crippen LogP contribution is -2.40. The van der Waals surface area contributed by atoms with Crippen molar-refractivity contribution in [1.82, 2.24) is 5.43 Å². The van der Waals surface area contributed by atoms with Crippen LogP contribution in [0.25, 0.3) is 11.1 Å². The molecule has 1 aromatic carbocycles. The van der Waals surface area contributed by atoms with Gasteiger partial charge in [-0.05, 0) is 76.0 Å². The Balaban J connectivity index is 1.96. The van der Waals surface area contributed by atoms with Crippen LogP contribution in [0.5, 0.6) is 0 Å². The van der Waals surface area contributed by atoms with Crippen molar-refractivity contribution >= 4 is 22.6 Å². The van der Waals surface area contributed by atoms with Gasteiger partial charge in [0.1, 0.15) is 5.71 Å². The first-order valence-electron chi connectivity index (χ1n) is 9.94. The summed E-state index contributed by atoms with van der Waals surface area (Å²) in [6.45, 7) is 13.7. The normalized spacial score (nSPS) is 16.5. The predicted octanol–water partition coefficient (Wildman–Crippen LogP) is 3.01. The molecule has 0 unspecified atom stereocenters. The Morgan fingerprint density at radius 3 is 2.18 bits per heavy atom. The Morgan fingerprint density at radius 2 is 1.57 bits per heavy atom. The third-order valence-corrected chi connectivity index (χ3v) is 5.48. The number of rotatable bonds is 9. The molecule has 5 heteroatoms. The number of hydrogen-bond acceptors (Lipinski definition) is 5. The quantitative estimate of drug-likeness (QED) is 0.507. The summed E-state index contributed by atoms with van der Waals surface area (Å²) < 4.78 is 11.5. The van der Waals surface area contributed by atoms with E-state index < -0.39 is 0 Å². The van der Waals surface area contributed by atoms with Crippen LogP contribution in [0.1, 0.15) is 54.4 Å². The summed E-state index contributed by atoms with van der Waals surface area (Å²) in [6, 6.07) is 8.20. The molecule has 0 saturated carbocycles. The largest absolute Gasteiger partial charge is 0.379 e. The third-order valence-electron chi connectivity index (χ3n) is 5.48. The van der Waals surface area contributed by atoms with Crippen molar-refractivity contribution in [1.29, 1.82) is 5.41 Å². The lowest BCUT2D eigenvalue weighted by Gasteiger charge is -2.28. The fraction of sp³-hybridized carbons (Fsp3) is 0.565. The zero-order valence-corrected chi connectivity index (χ0v) is 18.4. The molecule has 1 aromatic rings. The van der Waals surface area contributed by atoms with Gasteiger partial charge in [0.15, 0.2) is 0 Å². The van der Waals surface area contributed by atoms with Gasteiger partial charge >= 0.3 is 0 Å². The van der Waals surface area contributed by atoms with Gasteiger partial charge in [0.25, 0.3) is 0 Å². The molecule has 0 saturated heterocycles. The maximum Gasteiger partial charge on any atom is 0.112 e. The maximum atomic E-state index is 8.47. The van der Waals surface area contributed by atoms with E-state index in [9.17, 15) is 0 Å². The van der Waals surface area contributed by atoms with Crippen molar-refractivity contribution in [3.8, 4) is 0 Å². The SMILES string of the molecule is COC(C)(C)CCOC(C)(C)CCN/N=C1\C(=N)C(C)=c2ccccc2=C1C. The molecule has 0 fully saturated rings. The Hall–Kier alpha value is -1.98. The summed E-state index contributed by atoms with van der Waals surface area (Å²) in [5.41, 5.74) is 5.95. The first-order chi connectivity index (χ1) is 13.1. The molecule has 0 heterocycles. The van der Waals surface area contributed by atoms with Crippen molar-refractivity contribution in [3.05, 3.63) is 34.7 Å². The van der Waals surface area contributed by atoms with Crippen LogP contribution in [0.4, 0.5) is 0 Å². The van der Waals surface area contributed by atoms with Crippen molar-refractivity contribution in [2.45, 2.75) is 65.6 Å². The molecule has 1 aliphatic rings. The second-order valence-electron chi connectivity index (χ2n) is 8.61. The molecule has 0 radical (unpaired) electrons. The zero-order chi connectivity index (χ0) is 20.9. The van der Waals surface area contributed by atoms with E-state index in [4.69, 9.17) is 14.9 Å². The molecular formula is C23H35N3O2. The molecule has 0 bridgehead atoms. The number of methoxy groups -OCH3 is 1. The molecule has 0 atom stereocenters. The van der Waals surface area contributed by atoms with Gasteiger partial charge in [0.2, 0.25) is 0 Å². The Morgan fingerprint density at radius 1 is 0.964 bits per heavy atom. The number of benzene rings is 1. The minimum absolute atomic E-state index is 0.167. The van der Waals surface area contributed by atoms with Crippen LogP contribution in [0.15, 0.2) is 29.4 Å². The third kappa shape index (κ3) is 5.52. The van der Waals surface area contributed by atoms with E-state index in [1.54, 1.807) is 7.11 Å². The zero-order valence-electron chi connectivity index (χ0n) is 18.4. The van der Waals surface area contributed by atoms with Gasteiger partial charge in [0, 0.05) is 13.7 Å². The average Bonchev–Trinajstić information content (AvgIpc) is 2.65. The maximum absolute atomic E-state index is 8.47. The first kappa shape index (κ1) is 22.3. The molecule has 0 amide bonds. The first-order valence-corrected chi connectivity index (χ1v) is 9.94. The van der Waals surface area contributed by atoms with E-state index in [0.29, 0.717) is 18.9 Å². The van der Waals surface area contributed by atoms with Crippen LogP contribution in [0, 0.1) is 5.41 Å². The van der Waals surface area contributed by atoms with Crippen LogP contribution < -0.4 is 15.9 Å². The molecule has 0 spiro atoms. The molecular weight excluding hydrogens is 350 g/mol. The number of nitrogens with zero attached hydrogens (tertiary/aromatic N) is 1. The topological polar surface area (TPSA) is 66.7 Å². The molecule has 0 aliphatic heterocycles. The summed E-state index contributed by atoms with van der Waals surface area (Å²) in [6.07, 6.45) is 1.67. The number of hydrogen-bond donors (Lipinski definition) is 2. The van der Waals surface area contributed by atoms with Crippen molar-refractivity contribution in [2.24, 2.45) is 5.10 Å². The molecule has 2 rings (SSSR count). The van der Waals surface area contributed by atoms with Gasteiger partial charge < -0.3 is 14.9 Å². The van der Waals surface area contributed by atoms with E-state index in [-0.39, 0.29) is 11.2 Å². The van der Waals surface area contributed by atoms with E-state index >= 15 is 0 Å². The standard InChI is InChI=1S/C23H35N3O2/c1-16-18-10-8-9-11-19(18)17(2)21(20(16)24)26-25-14-12-23(5,6)28-15-13-22(3,4)27-7/h8-11,24-25H,12-15H2,1-7H3/b24-20?,26-21-.